The van der Waals surface area contributed by atoms with Crippen LogP contribution in [0.5, 0.6) is 0 Å². The maximum absolute atomic E-state index is 7.41. The van der Waals surface area contributed by atoms with Gasteiger partial charge in [-0.2, -0.15) is 0 Å². The topological polar surface area (TPSA) is 45.1 Å². The number of halogens is 2. The number of benzene rings is 1. The fourth-order valence-corrected chi connectivity index (χ4v) is 2.74. The lowest BCUT2D eigenvalue weighted by Crippen LogP contribution is -2.27. The lowest BCUT2D eigenvalue weighted by molar-refractivity contribution is 0.0343. The van der Waals surface area contributed by atoms with E-state index in [1.165, 1.54) is 12.6 Å². The molecule has 92 valence electrons. The Morgan fingerprint density at radius 3 is 2.94 bits per heavy atom. The lowest BCUT2D eigenvalue weighted by atomic mass is 10.1. The van der Waals surface area contributed by atoms with Gasteiger partial charge in [0.15, 0.2) is 0 Å². The minimum absolute atomic E-state index is 0.0211. The minimum Gasteiger partial charge on any atom is -0.360 e. The molecule has 3 nitrogen and oxygen atoms in total. The molecule has 1 aromatic carbocycles. The van der Waals surface area contributed by atoms with E-state index in [-0.39, 0.29) is 6.23 Å². The van der Waals surface area contributed by atoms with Gasteiger partial charge in [0.05, 0.1) is 5.02 Å². The largest absolute Gasteiger partial charge is 0.360 e. The first-order valence-corrected chi connectivity index (χ1v) is 6.75. The molecule has 0 aliphatic carbocycles. The molecule has 17 heavy (non-hydrogen) atoms. The summed E-state index contributed by atoms with van der Waals surface area (Å²) < 4.78 is 6.51. The van der Waals surface area contributed by atoms with E-state index in [2.05, 4.69) is 21.2 Å². The Morgan fingerprint density at radius 2 is 2.29 bits per heavy atom. The van der Waals surface area contributed by atoms with E-state index in [1.807, 2.05) is 6.07 Å². The van der Waals surface area contributed by atoms with Crippen LogP contribution in [0.25, 0.3) is 0 Å². The van der Waals surface area contributed by atoms with Gasteiger partial charge in [-0.15, -0.1) is 0 Å². The van der Waals surface area contributed by atoms with E-state index >= 15 is 0 Å². The van der Waals surface area contributed by atoms with E-state index in [4.69, 9.17) is 21.7 Å². The average molecular weight is 318 g/mol. The second-order valence-corrected chi connectivity index (χ2v) is 5.32. The number of hydrogen-bond acceptors (Lipinski definition) is 3. The van der Waals surface area contributed by atoms with Gasteiger partial charge in [-0.1, -0.05) is 27.5 Å². The van der Waals surface area contributed by atoms with E-state index in [1.54, 1.807) is 6.07 Å². The molecular weight excluding hydrogens is 304 g/mol. The average Bonchev–Trinajstić information content (AvgIpc) is 2.30. The van der Waals surface area contributed by atoms with E-state index < -0.39 is 0 Å². The fourth-order valence-electron chi connectivity index (χ4n) is 1.88. The Kier molecular flexibility index (Phi) is 4.42. The Hall–Kier alpha value is -0.580. The van der Waals surface area contributed by atoms with Crippen molar-refractivity contribution < 1.29 is 4.74 Å². The highest BCUT2D eigenvalue weighted by molar-refractivity contribution is 9.10. The molecule has 0 bridgehead atoms. The van der Waals surface area contributed by atoms with Gasteiger partial charge < -0.3 is 15.5 Å². The maximum atomic E-state index is 7.41. The van der Waals surface area contributed by atoms with Gasteiger partial charge in [0, 0.05) is 28.5 Å². The molecule has 2 rings (SSSR count). The van der Waals surface area contributed by atoms with Gasteiger partial charge in [-0.25, -0.2) is 0 Å². The Morgan fingerprint density at radius 1 is 1.47 bits per heavy atom. The quantitative estimate of drug-likeness (QED) is 0.826. The number of rotatable bonds is 3. The van der Waals surface area contributed by atoms with Gasteiger partial charge in [-0.05, 0) is 31.4 Å². The SMILES string of the molecule is N=Cc1c(Cl)cc(Br)cc1NC1CCCCO1. The predicted molar refractivity (Wildman–Crippen MR) is 74.3 cm³/mol. The number of nitrogens with one attached hydrogen (secondary N) is 2. The molecule has 1 saturated heterocycles. The number of ether oxygens (including phenoxy) is 1. The molecular formula is C12H14BrClN2O. The Bertz CT molecular complexity index is 419. The molecule has 1 fully saturated rings. The van der Waals surface area contributed by atoms with E-state index in [0.29, 0.717) is 10.6 Å². The Balaban J connectivity index is 2.21. The molecule has 1 atom stereocenters. The maximum Gasteiger partial charge on any atom is 0.127 e. The van der Waals surface area contributed by atoms with E-state index in [9.17, 15) is 0 Å². The molecule has 1 unspecified atom stereocenters. The third-order valence-corrected chi connectivity index (χ3v) is 3.51. The molecule has 0 radical (unpaired) electrons. The predicted octanol–water partition coefficient (Wildman–Crippen LogP) is 4.04. The van der Waals surface area contributed by atoms with Gasteiger partial charge in [-0.3, -0.25) is 0 Å². The molecule has 1 aliphatic rings. The molecule has 1 aromatic rings. The highest BCUT2D eigenvalue weighted by Gasteiger charge is 2.16. The summed E-state index contributed by atoms with van der Waals surface area (Å²) in [5.74, 6) is 0. The molecule has 0 aromatic heterocycles. The molecule has 1 aliphatic heterocycles. The summed E-state index contributed by atoms with van der Waals surface area (Å²) in [5, 5.41) is 11.3. The van der Waals surface area contributed by atoms with Crippen molar-refractivity contribution in [1.29, 1.82) is 5.41 Å². The number of anilines is 1. The summed E-state index contributed by atoms with van der Waals surface area (Å²) in [7, 11) is 0. The summed E-state index contributed by atoms with van der Waals surface area (Å²) in [6, 6.07) is 3.71. The van der Waals surface area contributed by atoms with Crippen molar-refractivity contribution >= 4 is 39.4 Å². The third kappa shape index (κ3) is 3.21. The van der Waals surface area contributed by atoms with Gasteiger partial charge >= 0.3 is 0 Å². The van der Waals surface area contributed by atoms with Crippen LogP contribution in [0.4, 0.5) is 5.69 Å². The molecule has 0 saturated carbocycles. The van der Waals surface area contributed by atoms with Crippen molar-refractivity contribution in [2.24, 2.45) is 0 Å². The smallest absolute Gasteiger partial charge is 0.127 e. The van der Waals surface area contributed by atoms with Crippen molar-refractivity contribution in [3.8, 4) is 0 Å². The zero-order chi connectivity index (χ0) is 12.3. The summed E-state index contributed by atoms with van der Waals surface area (Å²) in [5.41, 5.74) is 1.54. The van der Waals surface area contributed by atoms with Crippen LogP contribution in [-0.2, 0) is 4.74 Å². The van der Waals surface area contributed by atoms with Crippen LogP contribution in [-0.4, -0.2) is 19.0 Å². The monoisotopic (exact) mass is 316 g/mol. The van der Waals surface area contributed by atoms with Crippen molar-refractivity contribution in [2.75, 3.05) is 11.9 Å². The highest BCUT2D eigenvalue weighted by Crippen LogP contribution is 2.29. The normalized spacial score (nSPS) is 20.0. The molecule has 0 amide bonds. The number of hydrogen-bond donors (Lipinski definition) is 2. The molecule has 1 heterocycles. The Labute approximate surface area is 114 Å². The standard InChI is InChI=1S/C12H14BrClN2O/c13-8-5-10(14)9(7-15)11(6-8)16-12-3-1-2-4-17-12/h5-7,12,15-16H,1-4H2. The summed E-state index contributed by atoms with van der Waals surface area (Å²) in [6.45, 7) is 0.791. The van der Waals surface area contributed by atoms with Crippen LogP contribution in [0.3, 0.4) is 0 Å². The second-order valence-electron chi connectivity index (χ2n) is 3.99. The van der Waals surface area contributed by atoms with Crippen LogP contribution >= 0.6 is 27.5 Å². The summed E-state index contributed by atoms with van der Waals surface area (Å²) in [4.78, 5) is 0. The first kappa shape index (κ1) is 12.9. The van der Waals surface area contributed by atoms with Gasteiger partial charge in [0.1, 0.15) is 6.23 Å². The summed E-state index contributed by atoms with van der Waals surface area (Å²) in [6.07, 6.45) is 4.56. The first-order valence-electron chi connectivity index (χ1n) is 5.58. The van der Waals surface area contributed by atoms with E-state index in [0.717, 1.165) is 29.6 Å². The third-order valence-electron chi connectivity index (χ3n) is 2.73. The summed E-state index contributed by atoms with van der Waals surface area (Å²) >= 11 is 9.49. The zero-order valence-electron chi connectivity index (χ0n) is 9.30. The molecule has 5 heteroatoms. The van der Waals surface area contributed by atoms with Crippen molar-refractivity contribution in [3.05, 3.63) is 27.2 Å². The molecule has 0 spiro atoms. The van der Waals surface area contributed by atoms with Crippen LogP contribution in [0.2, 0.25) is 5.02 Å². The van der Waals surface area contributed by atoms with Crippen LogP contribution < -0.4 is 5.32 Å². The van der Waals surface area contributed by atoms with Crippen molar-refractivity contribution in [1.82, 2.24) is 0 Å². The highest BCUT2D eigenvalue weighted by atomic mass is 79.9. The zero-order valence-corrected chi connectivity index (χ0v) is 11.6. The first-order chi connectivity index (χ1) is 8.20. The van der Waals surface area contributed by atoms with Crippen molar-refractivity contribution in [3.63, 3.8) is 0 Å². The van der Waals surface area contributed by atoms with Crippen LogP contribution in [0, 0.1) is 5.41 Å². The van der Waals surface area contributed by atoms with Crippen molar-refractivity contribution in [2.45, 2.75) is 25.5 Å². The van der Waals surface area contributed by atoms with Gasteiger partial charge in [0.25, 0.3) is 0 Å². The fraction of sp³-hybridized carbons (Fsp3) is 0.417. The van der Waals surface area contributed by atoms with Crippen LogP contribution in [0.1, 0.15) is 24.8 Å². The second kappa shape index (κ2) is 5.85. The van der Waals surface area contributed by atoms with Gasteiger partial charge in [0.2, 0.25) is 0 Å². The lowest BCUT2D eigenvalue weighted by Gasteiger charge is -2.25. The molecule has 2 N–H and O–H groups in total. The van der Waals surface area contributed by atoms with Crippen LogP contribution in [0.15, 0.2) is 16.6 Å². The minimum atomic E-state index is 0.0211.